The number of hydrogen-bond acceptors (Lipinski definition) is 3. The molecule has 0 radical (unpaired) electrons. The summed E-state index contributed by atoms with van der Waals surface area (Å²) < 4.78 is 0. The van der Waals surface area contributed by atoms with Crippen LogP contribution in [0.15, 0.2) is 48.5 Å². The zero-order valence-corrected chi connectivity index (χ0v) is 16.2. The molecule has 0 unspecified atom stereocenters. The summed E-state index contributed by atoms with van der Waals surface area (Å²) in [6.45, 7) is 4.55. The molecule has 0 spiro atoms. The molecule has 2 aromatic rings. The third-order valence-electron chi connectivity index (χ3n) is 5.59. The lowest BCUT2D eigenvalue weighted by atomic mass is 10.1. The standard InChI is InChI=1S/C23H27N3O2/c27-22-8-5-15-26(22)21-7-2-1-6-20(21)23(28)24-16-18-9-11-19(12-10-18)17-25-13-3-4-14-25/h1-2,6-7,9-12H,3-5,8,13-17H2,(H,24,28). The largest absolute Gasteiger partial charge is 0.348 e. The predicted octanol–water partition coefficient (Wildman–Crippen LogP) is 3.34. The van der Waals surface area contributed by atoms with E-state index in [2.05, 4.69) is 34.5 Å². The second-order valence-electron chi connectivity index (χ2n) is 7.65. The van der Waals surface area contributed by atoms with Crippen molar-refractivity contribution in [2.75, 3.05) is 24.5 Å². The van der Waals surface area contributed by atoms with E-state index in [4.69, 9.17) is 0 Å². The number of nitrogens with zero attached hydrogens (tertiary/aromatic N) is 2. The number of carbonyl (C=O) groups excluding carboxylic acids is 2. The maximum Gasteiger partial charge on any atom is 0.253 e. The molecule has 2 aromatic carbocycles. The Morgan fingerprint density at radius 2 is 1.61 bits per heavy atom. The average Bonchev–Trinajstić information content (AvgIpc) is 3.39. The van der Waals surface area contributed by atoms with Gasteiger partial charge in [-0.25, -0.2) is 0 Å². The highest BCUT2D eigenvalue weighted by Crippen LogP contribution is 2.25. The number of rotatable bonds is 6. The zero-order valence-electron chi connectivity index (χ0n) is 16.2. The highest BCUT2D eigenvalue weighted by atomic mass is 16.2. The van der Waals surface area contributed by atoms with Crippen molar-refractivity contribution in [2.24, 2.45) is 0 Å². The fourth-order valence-corrected chi connectivity index (χ4v) is 4.04. The molecule has 0 aliphatic carbocycles. The van der Waals surface area contributed by atoms with Gasteiger partial charge in [0.1, 0.15) is 0 Å². The molecule has 2 amide bonds. The molecule has 5 heteroatoms. The van der Waals surface area contributed by atoms with E-state index >= 15 is 0 Å². The Balaban J connectivity index is 1.37. The summed E-state index contributed by atoms with van der Waals surface area (Å²) in [5, 5.41) is 3.00. The first-order valence-electron chi connectivity index (χ1n) is 10.2. The molecule has 2 fully saturated rings. The van der Waals surface area contributed by atoms with E-state index in [1.165, 1.54) is 31.5 Å². The number of para-hydroxylation sites is 1. The Hall–Kier alpha value is -2.66. The van der Waals surface area contributed by atoms with E-state index in [1.807, 2.05) is 18.2 Å². The number of amides is 2. The van der Waals surface area contributed by atoms with Crippen LogP contribution in [0.1, 0.15) is 47.2 Å². The zero-order chi connectivity index (χ0) is 19.3. The van der Waals surface area contributed by atoms with Crippen LogP contribution in [0.25, 0.3) is 0 Å². The Bertz CT molecular complexity index is 841. The Morgan fingerprint density at radius 3 is 2.32 bits per heavy atom. The lowest BCUT2D eigenvalue weighted by Gasteiger charge is -2.19. The molecule has 4 rings (SSSR count). The van der Waals surface area contributed by atoms with Crippen molar-refractivity contribution in [1.82, 2.24) is 10.2 Å². The maximum atomic E-state index is 12.7. The highest BCUT2D eigenvalue weighted by molar-refractivity contribution is 6.05. The highest BCUT2D eigenvalue weighted by Gasteiger charge is 2.25. The van der Waals surface area contributed by atoms with Crippen molar-refractivity contribution in [2.45, 2.75) is 38.8 Å². The number of likely N-dealkylation sites (tertiary alicyclic amines) is 1. The van der Waals surface area contributed by atoms with Crippen molar-refractivity contribution in [1.29, 1.82) is 0 Å². The molecule has 0 saturated carbocycles. The van der Waals surface area contributed by atoms with E-state index in [0.29, 0.717) is 30.8 Å². The molecule has 0 aromatic heterocycles. The topological polar surface area (TPSA) is 52.7 Å². The molecule has 0 bridgehead atoms. The number of hydrogen-bond donors (Lipinski definition) is 1. The van der Waals surface area contributed by atoms with Crippen LogP contribution < -0.4 is 10.2 Å². The second kappa shape index (κ2) is 8.57. The van der Waals surface area contributed by atoms with Gasteiger partial charge in [-0.05, 0) is 55.6 Å². The van der Waals surface area contributed by atoms with Gasteiger partial charge >= 0.3 is 0 Å². The molecule has 2 aliphatic rings. The van der Waals surface area contributed by atoms with Crippen LogP contribution in [0.3, 0.4) is 0 Å². The molecule has 5 nitrogen and oxygen atoms in total. The van der Waals surface area contributed by atoms with Crippen molar-refractivity contribution >= 4 is 17.5 Å². The second-order valence-corrected chi connectivity index (χ2v) is 7.65. The van der Waals surface area contributed by atoms with E-state index in [9.17, 15) is 9.59 Å². The summed E-state index contributed by atoms with van der Waals surface area (Å²) in [6, 6.07) is 15.8. The predicted molar refractivity (Wildman–Crippen MR) is 110 cm³/mol. The minimum Gasteiger partial charge on any atom is -0.348 e. The van der Waals surface area contributed by atoms with Gasteiger partial charge in [0, 0.05) is 26.1 Å². The number of carbonyl (C=O) groups is 2. The number of nitrogens with one attached hydrogen (secondary N) is 1. The van der Waals surface area contributed by atoms with E-state index in [0.717, 1.165) is 18.5 Å². The average molecular weight is 377 g/mol. The van der Waals surface area contributed by atoms with Crippen LogP contribution in [0.4, 0.5) is 5.69 Å². The van der Waals surface area contributed by atoms with Crippen LogP contribution in [-0.4, -0.2) is 36.3 Å². The first kappa shape index (κ1) is 18.7. The quantitative estimate of drug-likeness (QED) is 0.840. The molecule has 146 valence electrons. The molecule has 2 aliphatic heterocycles. The van der Waals surface area contributed by atoms with Crippen LogP contribution >= 0.6 is 0 Å². The molecule has 2 saturated heterocycles. The number of benzene rings is 2. The maximum absolute atomic E-state index is 12.7. The minimum atomic E-state index is -0.142. The fourth-order valence-electron chi connectivity index (χ4n) is 4.04. The van der Waals surface area contributed by atoms with Gasteiger partial charge in [0.2, 0.25) is 5.91 Å². The van der Waals surface area contributed by atoms with E-state index in [-0.39, 0.29) is 11.8 Å². The van der Waals surface area contributed by atoms with Crippen LogP contribution in [0.2, 0.25) is 0 Å². The van der Waals surface area contributed by atoms with Gasteiger partial charge < -0.3 is 10.2 Å². The molecular formula is C23H27N3O2. The van der Waals surface area contributed by atoms with Crippen molar-refractivity contribution < 1.29 is 9.59 Å². The van der Waals surface area contributed by atoms with Gasteiger partial charge in [0.15, 0.2) is 0 Å². The summed E-state index contributed by atoms with van der Waals surface area (Å²) in [4.78, 5) is 29.0. The van der Waals surface area contributed by atoms with Crippen molar-refractivity contribution in [3.63, 3.8) is 0 Å². The fraction of sp³-hybridized carbons (Fsp3) is 0.391. The normalized spacial score (nSPS) is 17.3. The first-order valence-corrected chi connectivity index (χ1v) is 10.2. The van der Waals surface area contributed by atoms with Gasteiger partial charge in [-0.15, -0.1) is 0 Å². The van der Waals surface area contributed by atoms with Gasteiger partial charge in [0.25, 0.3) is 5.91 Å². The van der Waals surface area contributed by atoms with E-state index < -0.39 is 0 Å². The lowest BCUT2D eigenvalue weighted by Crippen LogP contribution is -2.29. The third kappa shape index (κ3) is 4.25. The Labute approximate surface area is 166 Å². The third-order valence-corrected chi connectivity index (χ3v) is 5.59. The van der Waals surface area contributed by atoms with Crippen molar-refractivity contribution in [3.05, 3.63) is 65.2 Å². The summed E-state index contributed by atoms with van der Waals surface area (Å²) in [7, 11) is 0. The van der Waals surface area contributed by atoms with Gasteiger partial charge in [-0.3, -0.25) is 14.5 Å². The monoisotopic (exact) mass is 377 g/mol. The summed E-state index contributed by atoms with van der Waals surface area (Å²) >= 11 is 0. The van der Waals surface area contributed by atoms with Gasteiger partial charge in [-0.2, -0.15) is 0 Å². The summed E-state index contributed by atoms with van der Waals surface area (Å²) in [5.41, 5.74) is 3.66. The smallest absolute Gasteiger partial charge is 0.253 e. The van der Waals surface area contributed by atoms with Crippen LogP contribution in [0.5, 0.6) is 0 Å². The Kier molecular flexibility index (Phi) is 5.72. The molecule has 28 heavy (non-hydrogen) atoms. The molecular weight excluding hydrogens is 350 g/mol. The van der Waals surface area contributed by atoms with E-state index in [1.54, 1.807) is 11.0 Å². The first-order chi connectivity index (χ1) is 13.7. The van der Waals surface area contributed by atoms with Gasteiger partial charge in [-0.1, -0.05) is 36.4 Å². The van der Waals surface area contributed by atoms with Gasteiger partial charge in [0.05, 0.1) is 11.3 Å². The minimum absolute atomic E-state index is 0.0915. The SMILES string of the molecule is O=C(NCc1ccc(CN2CCCC2)cc1)c1ccccc1N1CCCC1=O. The van der Waals surface area contributed by atoms with Crippen LogP contribution in [-0.2, 0) is 17.9 Å². The molecule has 2 heterocycles. The number of anilines is 1. The lowest BCUT2D eigenvalue weighted by molar-refractivity contribution is -0.117. The summed E-state index contributed by atoms with van der Waals surface area (Å²) in [5.74, 6) is -0.0507. The Morgan fingerprint density at radius 1 is 0.893 bits per heavy atom. The van der Waals surface area contributed by atoms with Crippen molar-refractivity contribution in [3.8, 4) is 0 Å². The van der Waals surface area contributed by atoms with Crippen LogP contribution in [0, 0.1) is 0 Å². The molecule has 1 N–H and O–H groups in total. The molecule has 0 atom stereocenters. The summed E-state index contributed by atoms with van der Waals surface area (Å²) in [6.07, 6.45) is 4.00.